The number of likely N-dealkylation sites (tertiary alicyclic amines) is 2. The van der Waals surface area contributed by atoms with Gasteiger partial charge in [0.25, 0.3) is 5.91 Å². The van der Waals surface area contributed by atoms with Crippen LogP contribution in [-0.4, -0.2) is 125 Å². The molecule has 12 nitrogen and oxygen atoms in total. The lowest BCUT2D eigenvalue weighted by Gasteiger charge is -2.39. The molecule has 7 heterocycles. The second kappa shape index (κ2) is 16.4. The Morgan fingerprint density at radius 2 is 1.70 bits per heavy atom. The van der Waals surface area contributed by atoms with Crippen LogP contribution in [0, 0.1) is 17.7 Å². The zero-order valence-corrected chi connectivity index (χ0v) is 33.0. The first kappa shape index (κ1) is 38.1. The van der Waals surface area contributed by atoms with Crippen molar-refractivity contribution in [2.45, 2.75) is 69.6 Å². The fourth-order valence-corrected chi connectivity index (χ4v) is 10.1. The maximum absolute atomic E-state index is 15.5. The van der Waals surface area contributed by atoms with Gasteiger partial charge < -0.3 is 35.2 Å². The predicted octanol–water partition coefficient (Wildman–Crippen LogP) is 5.38. The molecule has 4 fully saturated rings. The minimum atomic E-state index is -0.485. The minimum absolute atomic E-state index is 0.0916. The monoisotopic (exact) mass is 795 g/mol. The van der Waals surface area contributed by atoms with Crippen LogP contribution in [0.1, 0.15) is 60.9 Å². The molecule has 0 aliphatic carbocycles. The van der Waals surface area contributed by atoms with Crippen LogP contribution in [0.5, 0.6) is 0 Å². The van der Waals surface area contributed by atoms with Crippen molar-refractivity contribution in [3.05, 3.63) is 70.8 Å². The van der Waals surface area contributed by atoms with Gasteiger partial charge in [-0.2, -0.15) is 0 Å². The first-order valence-electron chi connectivity index (χ1n) is 20.7. The number of piperidine rings is 3. The summed E-state index contributed by atoms with van der Waals surface area (Å²) < 4.78 is 15.5. The molecule has 57 heavy (non-hydrogen) atoms. The summed E-state index contributed by atoms with van der Waals surface area (Å²) in [6, 6.07) is 11.2. The number of aromatic amines is 1. The van der Waals surface area contributed by atoms with Gasteiger partial charge in [0.2, 0.25) is 11.7 Å². The Labute approximate surface area is 337 Å². The van der Waals surface area contributed by atoms with Crippen molar-refractivity contribution in [2.75, 3.05) is 69.1 Å². The first-order valence-corrected chi connectivity index (χ1v) is 21.1. The number of amides is 1. The molecule has 3 N–H and O–H groups in total. The molecule has 2 aromatic carbocycles. The number of rotatable bonds is 11. The fourth-order valence-electron chi connectivity index (χ4n) is 9.94. The second-order valence-electron chi connectivity index (χ2n) is 16.8. The molecule has 14 heteroatoms. The van der Waals surface area contributed by atoms with Crippen LogP contribution in [0.3, 0.4) is 0 Å². The van der Waals surface area contributed by atoms with Gasteiger partial charge in [0.1, 0.15) is 5.82 Å². The number of para-hydroxylation sites is 1. The van der Waals surface area contributed by atoms with Gasteiger partial charge in [-0.05, 0) is 93.6 Å². The maximum Gasteiger partial charge on any atom is 0.254 e. The molecular weight excluding hydrogens is 745 g/mol. The largest absolute Gasteiger partial charge is 0.369 e. The van der Waals surface area contributed by atoms with Gasteiger partial charge in [-0.25, -0.2) is 14.4 Å². The molecule has 9 rings (SSSR count). The number of nitrogens with one attached hydrogen (secondary N) is 3. The minimum Gasteiger partial charge on any atom is -0.369 e. The van der Waals surface area contributed by atoms with Crippen molar-refractivity contribution in [1.29, 1.82) is 0 Å². The summed E-state index contributed by atoms with van der Waals surface area (Å²) >= 11 is 6.57. The molecule has 0 saturated carbocycles. The van der Waals surface area contributed by atoms with Crippen molar-refractivity contribution in [3.63, 3.8) is 0 Å². The summed E-state index contributed by atoms with van der Waals surface area (Å²) in [4.78, 5) is 57.8. The molecular formula is C43H51ClFN9O3. The molecule has 3 unspecified atom stereocenters. The SMILES string of the molecule is O=CC(=O)C1CCC(N2Cc3cc(N4CCC(CN5CCC(CN6CCC(Nc7ncc(Cl)c(-c8c[nH]c9ccccc89)n7)C6)CC5)CC4)c(F)cc3C2=O)CN1. The van der Waals surface area contributed by atoms with Crippen molar-refractivity contribution in [3.8, 4) is 11.3 Å². The van der Waals surface area contributed by atoms with Gasteiger partial charge >= 0.3 is 0 Å². The Balaban J connectivity index is 0.708. The van der Waals surface area contributed by atoms with Crippen LogP contribution < -0.4 is 15.5 Å². The third-order valence-electron chi connectivity index (χ3n) is 13.2. The number of H-pyrrole nitrogens is 1. The van der Waals surface area contributed by atoms with E-state index >= 15 is 4.39 Å². The molecule has 0 radical (unpaired) electrons. The molecule has 4 aromatic rings. The molecule has 5 aliphatic heterocycles. The highest BCUT2D eigenvalue weighted by Crippen LogP contribution is 2.36. The van der Waals surface area contributed by atoms with E-state index in [2.05, 4.69) is 41.4 Å². The smallest absolute Gasteiger partial charge is 0.254 e. The summed E-state index contributed by atoms with van der Waals surface area (Å²) in [6.45, 7) is 9.04. The van der Waals surface area contributed by atoms with E-state index in [1.165, 1.54) is 18.9 Å². The van der Waals surface area contributed by atoms with E-state index < -0.39 is 11.8 Å². The molecule has 4 saturated heterocycles. The summed E-state index contributed by atoms with van der Waals surface area (Å²) in [7, 11) is 0. The Morgan fingerprint density at radius 1 is 0.947 bits per heavy atom. The summed E-state index contributed by atoms with van der Waals surface area (Å²) in [5.41, 5.74) is 4.66. The molecule has 1 amide bonds. The van der Waals surface area contributed by atoms with E-state index in [4.69, 9.17) is 16.6 Å². The lowest BCUT2D eigenvalue weighted by atomic mass is 9.92. The van der Waals surface area contributed by atoms with Gasteiger partial charge in [-0.3, -0.25) is 14.4 Å². The Kier molecular flexibility index (Phi) is 11.0. The van der Waals surface area contributed by atoms with Crippen LogP contribution in [0.4, 0.5) is 16.0 Å². The van der Waals surface area contributed by atoms with E-state index in [0.29, 0.717) is 72.3 Å². The zero-order valence-electron chi connectivity index (χ0n) is 32.3. The predicted molar refractivity (Wildman–Crippen MR) is 219 cm³/mol. The Morgan fingerprint density at radius 3 is 2.47 bits per heavy atom. The van der Waals surface area contributed by atoms with Crippen LogP contribution in [-0.2, 0) is 16.1 Å². The van der Waals surface area contributed by atoms with Crippen molar-refractivity contribution in [1.82, 2.24) is 35.0 Å². The normalized spacial score (nSPS) is 24.0. The Bertz CT molecular complexity index is 2120. The molecule has 5 aliphatic rings. The number of hydrogen-bond acceptors (Lipinski definition) is 10. The number of carbonyl (C=O) groups is 3. The second-order valence-corrected chi connectivity index (χ2v) is 17.2. The topological polar surface area (TPSA) is 130 Å². The van der Waals surface area contributed by atoms with E-state index in [0.717, 1.165) is 99.3 Å². The van der Waals surface area contributed by atoms with Gasteiger partial charge in [0, 0.05) is 92.7 Å². The van der Waals surface area contributed by atoms with Gasteiger partial charge in [0.05, 0.1) is 28.6 Å². The number of nitrogens with zero attached hydrogens (tertiary/aromatic N) is 6. The quantitative estimate of drug-likeness (QED) is 0.135. The van der Waals surface area contributed by atoms with Gasteiger partial charge in [-0.15, -0.1) is 0 Å². The van der Waals surface area contributed by atoms with E-state index in [1.54, 1.807) is 11.1 Å². The third kappa shape index (κ3) is 8.04. The third-order valence-corrected chi connectivity index (χ3v) is 13.5. The summed E-state index contributed by atoms with van der Waals surface area (Å²) in [5.74, 6) is 0.963. The van der Waals surface area contributed by atoms with Gasteiger partial charge in [0.15, 0.2) is 6.29 Å². The van der Waals surface area contributed by atoms with E-state index in [9.17, 15) is 14.4 Å². The highest BCUT2D eigenvalue weighted by atomic mass is 35.5. The standard InChI is InChI=1S/C43H51ClFN9O3/c44-35-21-48-43(50-41(35)34-20-47-37-4-2-1-3-32(34)37)49-30-11-14-52(25-30)23-27-7-12-51(13-8-27)22-28-9-15-53(16-10-28)39-17-29-24-54(42(57)33(29)18-36(39)45)31-5-6-38(46-19-31)40(56)26-55/h1-4,17-18,20-21,26-28,30-31,38,46-47H,5-16,19,22-25H2,(H,48,49,50). The van der Waals surface area contributed by atoms with Crippen LogP contribution >= 0.6 is 11.6 Å². The summed E-state index contributed by atoms with van der Waals surface area (Å²) in [5, 5.41) is 8.33. The maximum atomic E-state index is 15.5. The number of fused-ring (bicyclic) bond motifs is 2. The number of Topliss-reactive ketones (excluding diaryl/α,β-unsaturated/α-hetero) is 1. The molecule has 3 atom stereocenters. The van der Waals surface area contributed by atoms with Crippen molar-refractivity contribution < 1.29 is 18.8 Å². The van der Waals surface area contributed by atoms with Crippen LogP contribution in [0.2, 0.25) is 5.02 Å². The number of aromatic nitrogens is 3. The first-order chi connectivity index (χ1) is 27.8. The number of anilines is 2. The lowest BCUT2D eigenvalue weighted by molar-refractivity contribution is -0.131. The average molecular weight is 796 g/mol. The van der Waals surface area contributed by atoms with Crippen LogP contribution in [0.15, 0.2) is 48.8 Å². The lowest BCUT2D eigenvalue weighted by Crippen LogP contribution is -2.52. The molecule has 300 valence electrons. The van der Waals surface area contributed by atoms with Crippen molar-refractivity contribution >= 4 is 52.1 Å². The Hall–Kier alpha value is -4.43. The van der Waals surface area contributed by atoms with Crippen LogP contribution in [0.25, 0.3) is 22.2 Å². The van der Waals surface area contributed by atoms with E-state index in [-0.39, 0.29) is 17.8 Å². The van der Waals surface area contributed by atoms with Crippen molar-refractivity contribution in [2.24, 2.45) is 11.8 Å². The van der Waals surface area contributed by atoms with Gasteiger partial charge in [-0.1, -0.05) is 29.8 Å². The highest BCUT2D eigenvalue weighted by molar-refractivity contribution is 6.33. The number of benzene rings is 2. The highest BCUT2D eigenvalue weighted by Gasteiger charge is 2.37. The molecule has 0 spiro atoms. The molecule has 2 aromatic heterocycles. The number of hydrogen-bond donors (Lipinski definition) is 3. The molecule has 0 bridgehead atoms. The fraction of sp³-hybridized carbons (Fsp3) is 0.512. The summed E-state index contributed by atoms with van der Waals surface area (Å²) in [6.07, 6.45) is 10.7. The number of aldehydes is 1. The number of ketones is 1. The number of carbonyl (C=O) groups excluding carboxylic acids is 3. The zero-order chi connectivity index (χ0) is 39.0. The average Bonchev–Trinajstić information content (AvgIpc) is 3.96. The van der Waals surface area contributed by atoms with E-state index in [1.807, 2.05) is 30.5 Å². The number of halogens is 2.